The molecular weight excluding hydrogens is 382 g/mol. The molecule has 26 heavy (non-hydrogen) atoms. The Morgan fingerprint density at radius 3 is 2.04 bits per heavy atom. The second-order valence-electron chi connectivity index (χ2n) is 6.49. The minimum Gasteiger partial charge on any atom is -0.354 e. The van der Waals surface area contributed by atoms with Crippen molar-refractivity contribution in [3.05, 3.63) is 95.5 Å². The number of benzene rings is 4. The third kappa shape index (κ3) is 2.54. The smallest absolute Gasteiger partial charge is 0.0475 e. The lowest BCUT2D eigenvalue weighted by Crippen LogP contribution is -1.92. The molecule has 124 valence electrons. The van der Waals surface area contributed by atoms with Crippen molar-refractivity contribution in [3.63, 3.8) is 0 Å². The fourth-order valence-corrected chi connectivity index (χ4v) is 4.00. The Morgan fingerprint density at radius 2 is 1.23 bits per heavy atom. The normalized spacial score (nSPS) is 11.6. The molecule has 0 aromatic heterocycles. The van der Waals surface area contributed by atoms with Crippen LogP contribution in [0.2, 0.25) is 0 Å². The molecule has 0 saturated heterocycles. The molecule has 0 unspecified atom stereocenters. The molecule has 0 aliphatic carbocycles. The summed E-state index contributed by atoms with van der Waals surface area (Å²) >= 11 is 3.60. The first-order chi connectivity index (χ1) is 12.8. The van der Waals surface area contributed by atoms with E-state index in [0.29, 0.717) is 0 Å². The van der Waals surface area contributed by atoms with E-state index in [0.717, 1.165) is 15.8 Å². The van der Waals surface area contributed by atoms with E-state index in [-0.39, 0.29) is 0 Å². The summed E-state index contributed by atoms with van der Waals surface area (Å²) < 4.78 is 1.07. The van der Waals surface area contributed by atoms with Crippen LogP contribution in [0.3, 0.4) is 0 Å². The van der Waals surface area contributed by atoms with E-state index >= 15 is 0 Å². The van der Waals surface area contributed by atoms with Crippen LogP contribution in [0.4, 0.5) is 11.4 Å². The van der Waals surface area contributed by atoms with Crippen LogP contribution in [-0.4, -0.2) is 0 Å². The molecule has 0 saturated carbocycles. The molecule has 1 heterocycles. The van der Waals surface area contributed by atoms with E-state index in [1.807, 2.05) is 0 Å². The van der Waals surface area contributed by atoms with E-state index in [1.54, 1.807) is 0 Å². The number of hydrogen-bond donors (Lipinski definition) is 1. The molecule has 0 bridgehead atoms. The maximum Gasteiger partial charge on any atom is 0.0475 e. The van der Waals surface area contributed by atoms with E-state index in [4.69, 9.17) is 0 Å². The summed E-state index contributed by atoms with van der Waals surface area (Å²) in [5, 5.41) is 3.64. The topological polar surface area (TPSA) is 12.0 Å². The first kappa shape index (κ1) is 15.4. The Bertz CT molecular complexity index is 1120. The van der Waals surface area contributed by atoms with Crippen LogP contribution in [0, 0.1) is 0 Å². The molecule has 0 fully saturated rings. The van der Waals surface area contributed by atoms with Crippen molar-refractivity contribution in [2.75, 3.05) is 5.32 Å². The van der Waals surface area contributed by atoms with Crippen LogP contribution in [0.15, 0.2) is 95.5 Å². The van der Waals surface area contributed by atoms with Crippen LogP contribution in [0.25, 0.3) is 33.4 Å². The van der Waals surface area contributed by atoms with Gasteiger partial charge in [0.1, 0.15) is 0 Å². The molecule has 5 rings (SSSR count). The van der Waals surface area contributed by atoms with Crippen molar-refractivity contribution in [1.82, 2.24) is 0 Å². The van der Waals surface area contributed by atoms with E-state index in [1.165, 1.54) is 33.4 Å². The number of anilines is 2. The maximum atomic E-state index is 3.64. The van der Waals surface area contributed by atoms with Gasteiger partial charge in [0.25, 0.3) is 0 Å². The van der Waals surface area contributed by atoms with Gasteiger partial charge in [-0.3, -0.25) is 0 Å². The fourth-order valence-electron chi connectivity index (χ4n) is 3.64. The average molecular weight is 398 g/mol. The highest BCUT2D eigenvalue weighted by molar-refractivity contribution is 9.10. The summed E-state index contributed by atoms with van der Waals surface area (Å²) in [6, 6.07) is 32.2. The monoisotopic (exact) mass is 397 g/mol. The Morgan fingerprint density at radius 1 is 0.500 bits per heavy atom. The van der Waals surface area contributed by atoms with Gasteiger partial charge in [-0.2, -0.15) is 0 Å². The van der Waals surface area contributed by atoms with Gasteiger partial charge in [0.15, 0.2) is 0 Å². The fraction of sp³-hybridized carbons (Fsp3) is 0. The van der Waals surface area contributed by atoms with Crippen molar-refractivity contribution >= 4 is 27.3 Å². The Balaban J connectivity index is 1.78. The van der Waals surface area contributed by atoms with Gasteiger partial charge in [0.05, 0.1) is 0 Å². The molecule has 4 aromatic carbocycles. The van der Waals surface area contributed by atoms with Crippen molar-refractivity contribution in [2.24, 2.45) is 0 Å². The van der Waals surface area contributed by atoms with E-state index in [9.17, 15) is 0 Å². The zero-order valence-corrected chi connectivity index (χ0v) is 15.6. The average Bonchev–Trinajstić information content (AvgIpc) is 2.82. The molecule has 0 atom stereocenters. The minimum absolute atomic E-state index is 1.07. The molecule has 0 spiro atoms. The molecule has 1 aliphatic heterocycles. The van der Waals surface area contributed by atoms with E-state index < -0.39 is 0 Å². The third-order valence-electron chi connectivity index (χ3n) is 4.89. The summed E-state index contributed by atoms with van der Waals surface area (Å²) in [6.07, 6.45) is 0. The molecule has 1 aliphatic rings. The number of fused-ring (bicyclic) bond motifs is 5. The maximum absolute atomic E-state index is 3.64. The van der Waals surface area contributed by atoms with Crippen LogP contribution in [-0.2, 0) is 0 Å². The van der Waals surface area contributed by atoms with Gasteiger partial charge in [0, 0.05) is 27.0 Å². The quantitative estimate of drug-likeness (QED) is 0.308. The summed E-state index contributed by atoms with van der Waals surface area (Å²) in [5.41, 5.74) is 9.69. The van der Waals surface area contributed by atoms with Crippen molar-refractivity contribution in [2.45, 2.75) is 0 Å². The zero-order valence-electron chi connectivity index (χ0n) is 14.0. The molecule has 4 aromatic rings. The first-order valence-corrected chi connectivity index (χ1v) is 9.45. The summed E-state index contributed by atoms with van der Waals surface area (Å²) in [7, 11) is 0. The number of rotatable bonds is 1. The highest BCUT2D eigenvalue weighted by atomic mass is 79.9. The van der Waals surface area contributed by atoms with Gasteiger partial charge >= 0.3 is 0 Å². The van der Waals surface area contributed by atoms with E-state index in [2.05, 4.69) is 112 Å². The van der Waals surface area contributed by atoms with Crippen LogP contribution < -0.4 is 5.32 Å². The van der Waals surface area contributed by atoms with Gasteiger partial charge < -0.3 is 5.32 Å². The lowest BCUT2D eigenvalue weighted by atomic mass is 9.92. The van der Waals surface area contributed by atoms with Crippen LogP contribution in [0.1, 0.15) is 0 Å². The molecular formula is C24H16BrN. The second-order valence-corrected chi connectivity index (χ2v) is 7.40. The second kappa shape index (κ2) is 6.15. The number of halogens is 1. The Kier molecular flexibility index (Phi) is 3.65. The van der Waals surface area contributed by atoms with Gasteiger partial charge in [-0.1, -0.05) is 82.7 Å². The number of hydrogen-bond acceptors (Lipinski definition) is 1. The van der Waals surface area contributed by atoms with Gasteiger partial charge in [0.2, 0.25) is 0 Å². The predicted molar refractivity (Wildman–Crippen MR) is 114 cm³/mol. The highest BCUT2D eigenvalue weighted by Crippen LogP contribution is 2.45. The molecule has 0 amide bonds. The SMILES string of the molecule is Brc1ccc2c(c1)Nc1ccc(-c3ccccc3)cc1-c1ccccc1-2. The number of nitrogens with one attached hydrogen (secondary N) is 1. The molecule has 1 nitrogen and oxygen atoms in total. The van der Waals surface area contributed by atoms with Gasteiger partial charge in [-0.05, 0) is 46.5 Å². The van der Waals surface area contributed by atoms with Crippen molar-refractivity contribution in [3.8, 4) is 33.4 Å². The minimum atomic E-state index is 1.07. The summed E-state index contributed by atoms with van der Waals surface area (Å²) in [4.78, 5) is 0. The molecule has 2 heteroatoms. The predicted octanol–water partition coefficient (Wildman–Crippen LogP) is 7.51. The zero-order chi connectivity index (χ0) is 17.5. The van der Waals surface area contributed by atoms with Gasteiger partial charge in [-0.15, -0.1) is 0 Å². The standard InChI is InChI=1S/C24H16BrN/c25-18-11-12-21-19-8-4-5-9-20(19)22-14-17(16-6-2-1-3-7-16)10-13-23(22)26-24(21)15-18/h1-15,26H. The first-order valence-electron chi connectivity index (χ1n) is 8.65. The Labute approximate surface area is 161 Å². The van der Waals surface area contributed by atoms with Crippen LogP contribution in [0.5, 0.6) is 0 Å². The lowest BCUT2D eigenvalue weighted by molar-refractivity contribution is 1.55. The Hall–Kier alpha value is -2.84. The largest absolute Gasteiger partial charge is 0.354 e. The van der Waals surface area contributed by atoms with Crippen molar-refractivity contribution < 1.29 is 0 Å². The molecule has 1 N–H and O–H groups in total. The third-order valence-corrected chi connectivity index (χ3v) is 5.38. The van der Waals surface area contributed by atoms with Crippen LogP contribution >= 0.6 is 15.9 Å². The van der Waals surface area contributed by atoms with Crippen molar-refractivity contribution in [1.29, 1.82) is 0 Å². The summed E-state index contributed by atoms with van der Waals surface area (Å²) in [6.45, 7) is 0. The van der Waals surface area contributed by atoms with Gasteiger partial charge in [-0.25, -0.2) is 0 Å². The lowest BCUT2D eigenvalue weighted by Gasteiger charge is -2.12. The highest BCUT2D eigenvalue weighted by Gasteiger charge is 2.19. The molecule has 0 radical (unpaired) electrons. The summed E-state index contributed by atoms with van der Waals surface area (Å²) in [5.74, 6) is 0.